The van der Waals surface area contributed by atoms with E-state index in [2.05, 4.69) is 24.0 Å². The van der Waals surface area contributed by atoms with Gasteiger partial charge in [0, 0.05) is 23.4 Å². The van der Waals surface area contributed by atoms with Crippen molar-refractivity contribution in [1.29, 1.82) is 0 Å². The number of hydrogen-bond donors (Lipinski definition) is 0. The Kier molecular flexibility index (Phi) is 6.22. The van der Waals surface area contributed by atoms with Crippen molar-refractivity contribution in [3.63, 3.8) is 0 Å². The zero-order valence-electron chi connectivity index (χ0n) is 15.1. The number of rotatable bonds is 7. The van der Waals surface area contributed by atoms with Crippen LogP contribution in [0, 0.1) is 5.92 Å². The molecular weight excluding hydrogens is 366 g/mol. The van der Waals surface area contributed by atoms with E-state index < -0.39 is 0 Å². The summed E-state index contributed by atoms with van der Waals surface area (Å²) in [5.41, 5.74) is 2.11. The Morgan fingerprint density at radius 1 is 1.08 bits per heavy atom. The number of ether oxygens (including phenoxy) is 1. The van der Waals surface area contributed by atoms with Crippen molar-refractivity contribution in [2.24, 2.45) is 13.0 Å². The van der Waals surface area contributed by atoms with E-state index in [9.17, 15) is 0 Å². The maximum atomic E-state index is 6.22. The third kappa shape index (κ3) is 4.59. The second-order valence-electron chi connectivity index (χ2n) is 6.47. The molecule has 0 bridgehead atoms. The van der Waals surface area contributed by atoms with Crippen molar-refractivity contribution >= 4 is 23.4 Å². The molecule has 1 heterocycles. The highest BCUT2D eigenvalue weighted by Crippen LogP contribution is 2.28. The highest BCUT2D eigenvalue weighted by molar-refractivity contribution is 7.98. The van der Waals surface area contributed by atoms with E-state index in [-0.39, 0.29) is 0 Å². The van der Waals surface area contributed by atoms with Gasteiger partial charge >= 0.3 is 0 Å². The number of halogens is 1. The maximum Gasteiger partial charge on any atom is 0.191 e. The summed E-state index contributed by atoms with van der Waals surface area (Å²) in [6, 6.07) is 15.8. The lowest BCUT2D eigenvalue weighted by Gasteiger charge is -2.09. The molecule has 1 aromatic heterocycles. The molecule has 6 heteroatoms. The molecule has 0 N–H and O–H groups in total. The van der Waals surface area contributed by atoms with E-state index in [1.165, 1.54) is 0 Å². The Labute approximate surface area is 163 Å². The molecule has 0 spiro atoms. The highest BCUT2D eigenvalue weighted by Gasteiger charge is 2.12. The van der Waals surface area contributed by atoms with E-state index in [0.717, 1.165) is 38.6 Å². The zero-order valence-corrected chi connectivity index (χ0v) is 16.7. The average molecular weight is 388 g/mol. The lowest BCUT2D eigenvalue weighted by atomic mass is 10.2. The molecule has 4 nitrogen and oxygen atoms in total. The molecule has 0 unspecified atom stereocenters. The largest absolute Gasteiger partial charge is 0.493 e. The molecule has 26 heavy (non-hydrogen) atoms. The number of aromatic nitrogens is 3. The van der Waals surface area contributed by atoms with Crippen LogP contribution in [0.1, 0.15) is 19.4 Å². The van der Waals surface area contributed by atoms with Crippen molar-refractivity contribution in [1.82, 2.24) is 14.8 Å². The molecule has 0 aliphatic rings. The molecule has 0 saturated heterocycles. The van der Waals surface area contributed by atoms with Crippen LogP contribution >= 0.6 is 23.4 Å². The van der Waals surface area contributed by atoms with E-state index in [0.29, 0.717) is 12.5 Å². The standard InChI is InChI=1S/C20H22ClN3OS/c1-14(2)12-25-17-10-8-15(9-11-17)19-22-23-20(24(19)3)26-13-16-6-4-5-7-18(16)21/h4-11,14H,12-13H2,1-3H3. The SMILES string of the molecule is CC(C)COc1ccc(-c2nnc(SCc3ccccc3Cl)n2C)cc1. The fourth-order valence-electron chi connectivity index (χ4n) is 2.41. The van der Waals surface area contributed by atoms with Crippen LogP contribution in [-0.2, 0) is 12.8 Å². The number of hydrogen-bond acceptors (Lipinski definition) is 4. The van der Waals surface area contributed by atoms with Gasteiger partial charge in [-0.1, -0.05) is 55.4 Å². The Morgan fingerprint density at radius 2 is 1.81 bits per heavy atom. The molecule has 3 rings (SSSR count). The van der Waals surface area contributed by atoms with Crippen LogP contribution in [-0.4, -0.2) is 21.4 Å². The Hall–Kier alpha value is -1.98. The molecule has 0 fully saturated rings. The smallest absolute Gasteiger partial charge is 0.191 e. The van der Waals surface area contributed by atoms with Crippen LogP contribution < -0.4 is 4.74 Å². The Bertz CT molecular complexity index is 862. The first-order valence-corrected chi connectivity index (χ1v) is 9.90. The summed E-state index contributed by atoms with van der Waals surface area (Å²) < 4.78 is 7.74. The van der Waals surface area contributed by atoms with Crippen LogP contribution in [0.3, 0.4) is 0 Å². The monoisotopic (exact) mass is 387 g/mol. The lowest BCUT2D eigenvalue weighted by molar-refractivity contribution is 0.271. The second-order valence-corrected chi connectivity index (χ2v) is 7.82. The van der Waals surface area contributed by atoms with E-state index in [1.807, 2.05) is 60.1 Å². The van der Waals surface area contributed by atoms with Gasteiger partial charge in [0.15, 0.2) is 11.0 Å². The summed E-state index contributed by atoms with van der Waals surface area (Å²) in [5, 5.41) is 10.3. The molecule has 0 saturated carbocycles. The third-order valence-corrected chi connectivity index (χ3v) is 5.28. The first-order valence-electron chi connectivity index (χ1n) is 8.53. The van der Waals surface area contributed by atoms with Crippen LogP contribution in [0.2, 0.25) is 5.02 Å². The van der Waals surface area contributed by atoms with Gasteiger partial charge in [-0.05, 0) is 41.8 Å². The minimum absolute atomic E-state index is 0.506. The van der Waals surface area contributed by atoms with Crippen LogP contribution in [0.4, 0.5) is 0 Å². The maximum absolute atomic E-state index is 6.22. The van der Waals surface area contributed by atoms with Crippen molar-refractivity contribution in [3.8, 4) is 17.1 Å². The van der Waals surface area contributed by atoms with Gasteiger partial charge in [0.05, 0.1) is 6.61 Å². The van der Waals surface area contributed by atoms with Crippen LogP contribution in [0.5, 0.6) is 5.75 Å². The number of nitrogens with zero attached hydrogens (tertiary/aromatic N) is 3. The van der Waals surface area contributed by atoms with Crippen molar-refractivity contribution in [2.75, 3.05) is 6.61 Å². The predicted octanol–water partition coefficient (Wildman–Crippen LogP) is 5.46. The van der Waals surface area contributed by atoms with Gasteiger partial charge in [0.25, 0.3) is 0 Å². The van der Waals surface area contributed by atoms with Crippen molar-refractivity contribution < 1.29 is 4.74 Å². The van der Waals surface area contributed by atoms with Gasteiger partial charge in [-0.25, -0.2) is 0 Å². The summed E-state index contributed by atoms with van der Waals surface area (Å²) in [7, 11) is 1.98. The van der Waals surface area contributed by atoms with Crippen molar-refractivity contribution in [2.45, 2.75) is 24.8 Å². The third-order valence-electron chi connectivity index (χ3n) is 3.85. The van der Waals surface area contributed by atoms with Gasteiger partial charge in [0.1, 0.15) is 5.75 Å². The molecule has 0 amide bonds. The van der Waals surface area contributed by atoms with Gasteiger partial charge in [-0.15, -0.1) is 10.2 Å². The molecule has 0 aliphatic heterocycles. The first-order chi connectivity index (χ1) is 12.5. The van der Waals surface area contributed by atoms with Crippen LogP contribution in [0.25, 0.3) is 11.4 Å². The molecule has 3 aromatic rings. The molecule has 0 radical (unpaired) electrons. The normalized spacial score (nSPS) is 11.1. The summed E-state index contributed by atoms with van der Waals surface area (Å²) in [6.45, 7) is 4.98. The van der Waals surface area contributed by atoms with E-state index >= 15 is 0 Å². The quantitative estimate of drug-likeness (QED) is 0.504. The summed E-state index contributed by atoms with van der Waals surface area (Å²) >= 11 is 7.85. The molecule has 0 atom stereocenters. The fraction of sp³-hybridized carbons (Fsp3) is 0.300. The van der Waals surface area contributed by atoms with E-state index in [1.54, 1.807) is 11.8 Å². The predicted molar refractivity (Wildman–Crippen MR) is 108 cm³/mol. The van der Waals surface area contributed by atoms with E-state index in [4.69, 9.17) is 16.3 Å². The molecular formula is C20H22ClN3OS. The summed E-state index contributed by atoms with van der Waals surface area (Å²) in [5.74, 6) is 2.97. The zero-order chi connectivity index (χ0) is 18.5. The van der Waals surface area contributed by atoms with Gasteiger partial charge in [-0.2, -0.15) is 0 Å². The minimum Gasteiger partial charge on any atom is -0.493 e. The molecule has 0 aliphatic carbocycles. The lowest BCUT2D eigenvalue weighted by Crippen LogP contribution is -2.04. The van der Waals surface area contributed by atoms with Gasteiger partial charge in [0.2, 0.25) is 0 Å². The van der Waals surface area contributed by atoms with Gasteiger partial charge < -0.3 is 9.30 Å². The topological polar surface area (TPSA) is 39.9 Å². The number of benzene rings is 2. The minimum atomic E-state index is 0.506. The Balaban J connectivity index is 1.69. The fourth-order valence-corrected chi connectivity index (χ4v) is 3.61. The Morgan fingerprint density at radius 3 is 2.50 bits per heavy atom. The first kappa shape index (κ1) is 18.8. The average Bonchev–Trinajstić information content (AvgIpc) is 3.00. The number of thioether (sulfide) groups is 1. The molecule has 136 valence electrons. The van der Waals surface area contributed by atoms with Crippen molar-refractivity contribution in [3.05, 3.63) is 59.1 Å². The molecule has 2 aromatic carbocycles. The highest BCUT2D eigenvalue weighted by atomic mass is 35.5. The second kappa shape index (κ2) is 8.60. The van der Waals surface area contributed by atoms with Crippen LogP contribution in [0.15, 0.2) is 53.7 Å². The van der Waals surface area contributed by atoms with Gasteiger partial charge in [-0.3, -0.25) is 0 Å². The summed E-state index contributed by atoms with van der Waals surface area (Å²) in [4.78, 5) is 0. The summed E-state index contributed by atoms with van der Waals surface area (Å²) in [6.07, 6.45) is 0.